The van der Waals surface area contributed by atoms with Crippen LogP contribution in [0.2, 0.25) is 0 Å². The molecule has 6 heteroatoms. The van der Waals surface area contributed by atoms with Gasteiger partial charge in [-0.1, -0.05) is 0 Å². The van der Waals surface area contributed by atoms with Gasteiger partial charge in [0, 0.05) is 7.05 Å². The lowest BCUT2D eigenvalue weighted by molar-refractivity contribution is -0.0204. The fraction of sp³-hybridized carbons (Fsp3) is 0.857. The largest absolute Gasteiger partial charge is 0.508 e. The molecule has 0 aliphatic carbocycles. The predicted octanol–water partition coefficient (Wildman–Crippen LogP) is 3.19. The van der Waals surface area contributed by atoms with Gasteiger partial charge in [-0.15, -0.1) is 0 Å². The van der Waals surface area contributed by atoms with Crippen LogP contribution < -0.4 is 0 Å². The zero-order valence-electron chi connectivity index (χ0n) is 13.8. The molecule has 0 saturated carbocycles. The van der Waals surface area contributed by atoms with E-state index in [9.17, 15) is 9.59 Å². The highest BCUT2D eigenvalue weighted by molar-refractivity contribution is 5.68. The first kappa shape index (κ1) is 18.5. The van der Waals surface area contributed by atoms with Gasteiger partial charge in [-0.3, -0.25) is 0 Å². The number of carbonyl (C=O) groups excluding carboxylic acids is 2. The van der Waals surface area contributed by atoms with Gasteiger partial charge in [-0.05, 0) is 48.5 Å². The Morgan fingerprint density at radius 3 is 1.85 bits per heavy atom. The number of hydrogen-bond donors (Lipinski definition) is 0. The van der Waals surface area contributed by atoms with Crippen LogP contribution in [0.3, 0.4) is 0 Å². The third-order valence-electron chi connectivity index (χ3n) is 2.17. The molecule has 0 unspecified atom stereocenters. The van der Waals surface area contributed by atoms with Crippen molar-refractivity contribution in [3.05, 3.63) is 0 Å². The van der Waals surface area contributed by atoms with Gasteiger partial charge in [0.25, 0.3) is 0 Å². The second-order valence-electron chi connectivity index (χ2n) is 6.72. The molecule has 6 nitrogen and oxygen atoms in total. The van der Waals surface area contributed by atoms with Gasteiger partial charge in [0.2, 0.25) is 0 Å². The van der Waals surface area contributed by atoms with Gasteiger partial charge in [-0.2, -0.15) is 0 Å². The average Bonchev–Trinajstić information content (AvgIpc) is 2.19. The normalized spacial score (nSPS) is 13.4. The maximum atomic E-state index is 11.8. The molecule has 20 heavy (non-hydrogen) atoms. The number of likely N-dealkylation sites (N-methyl/N-ethyl adjacent to an activating group) is 1. The molecule has 0 spiro atoms. The maximum absolute atomic E-state index is 11.8. The number of ether oxygens (including phenoxy) is 3. The minimum absolute atomic E-state index is 0.0463. The third kappa shape index (κ3) is 8.61. The number of nitrogens with zero attached hydrogens (tertiary/aromatic N) is 1. The maximum Gasteiger partial charge on any atom is 0.508 e. The summed E-state index contributed by atoms with van der Waals surface area (Å²) in [4.78, 5) is 24.6. The summed E-state index contributed by atoms with van der Waals surface area (Å²) >= 11 is 0. The highest BCUT2D eigenvalue weighted by Gasteiger charge is 2.24. The van der Waals surface area contributed by atoms with Crippen LogP contribution in [-0.4, -0.2) is 48.0 Å². The molecule has 0 aromatic rings. The fourth-order valence-electron chi connectivity index (χ4n) is 1.09. The Bertz CT molecular complexity index is 340. The predicted molar refractivity (Wildman–Crippen MR) is 75.6 cm³/mol. The first-order valence-corrected chi connectivity index (χ1v) is 6.63. The van der Waals surface area contributed by atoms with E-state index in [1.807, 2.05) is 0 Å². The summed E-state index contributed by atoms with van der Waals surface area (Å²) < 4.78 is 15.2. The molecule has 0 saturated heterocycles. The zero-order valence-corrected chi connectivity index (χ0v) is 13.8. The molecule has 0 aromatic heterocycles. The van der Waals surface area contributed by atoms with E-state index in [-0.39, 0.29) is 12.6 Å². The van der Waals surface area contributed by atoms with Crippen molar-refractivity contribution in [2.24, 2.45) is 0 Å². The second-order valence-corrected chi connectivity index (χ2v) is 6.72. The minimum Gasteiger partial charge on any atom is -0.444 e. The lowest BCUT2D eigenvalue weighted by atomic mass is 10.2. The van der Waals surface area contributed by atoms with Crippen LogP contribution in [0, 0.1) is 0 Å². The SMILES string of the molecule is C[C@@H](COC(=O)OC(C)(C)C)N(C)C(=O)OC(C)(C)C. The van der Waals surface area contributed by atoms with Crippen molar-refractivity contribution in [1.82, 2.24) is 4.90 Å². The Hall–Kier alpha value is -1.46. The van der Waals surface area contributed by atoms with E-state index in [1.165, 1.54) is 4.90 Å². The standard InChI is InChI=1S/C14H27NO5/c1-10(9-18-12(17)20-14(5,6)7)15(8)11(16)19-13(2,3)4/h10H,9H2,1-8H3/t10-/m0/s1. The Kier molecular flexibility index (Phi) is 6.32. The van der Waals surface area contributed by atoms with Crippen LogP contribution in [0.1, 0.15) is 48.5 Å². The molecule has 0 rings (SSSR count). The van der Waals surface area contributed by atoms with E-state index < -0.39 is 23.5 Å². The third-order valence-corrected chi connectivity index (χ3v) is 2.17. The fourth-order valence-corrected chi connectivity index (χ4v) is 1.09. The number of hydrogen-bond acceptors (Lipinski definition) is 5. The molecule has 0 aromatic carbocycles. The first-order chi connectivity index (χ1) is 8.82. The second kappa shape index (κ2) is 6.81. The van der Waals surface area contributed by atoms with Crippen molar-refractivity contribution in [2.45, 2.75) is 65.7 Å². The molecule has 1 atom stereocenters. The van der Waals surface area contributed by atoms with E-state index in [2.05, 4.69) is 0 Å². The highest BCUT2D eigenvalue weighted by atomic mass is 16.7. The monoisotopic (exact) mass is 289 g/mol. The smallest absolute Gasteiger partial charge is 0.444 e. The van der Waals surface area contributed by atoms with E-state index in [1.54, 1.807) is 55.5 Å². The highest BCUT2D eigenvalue weighted by Crippen LogP contribution is 2.12. The molecule has 0 heterocycles. The Balaban J connectivity index is 4.24. The summed E-state index contributed by atoms with van der Waals surface area (Å²) in [6.45, 7) is 12.4. The summed E-state index contributed by atoms with van der Waals surface area (Å²) in [5.41, 5.74) is -1.16. The Morgan fingerprint density at radius 1 is 1.00 bits per heavy atom. The van der Waals surface area contributed by atoms with Crippen molar-refractivity contribution in [2.75, 3.05) is 13.7 Å². The molecule has 1 amide bonds. The number of rotatable bonds is 3. The topological polar surface area (TPSA) is 65.1 Å². The van der Waals surface area contributed by atoms with E-state index in [0.29, 0.717) is 0 Å². The van der Waals surface area contributed by atoms with Crippen LogP contribution >= 0.6 is 0 Å². The molecule has 0 bridgehead atoms. The lowest BCUT2D eigenvalue weighted by Crippen LogP contribution is -2.42. The Labute approximate surface area is 121 Å². The van der Waals surface area contributed by atoms with Gasteiger partial charge >= 0.3 is 12.2 Å². The van der Waals surface area contributed by atoms with Crippen LogP contribution in [0.5, 0.6) is 0 Å². The minimum atomic E-state index is -0.748. The summed E-state index contributed by atoms with van der Waals surface area (Å²) in [7, 11) is 1.59. The van der Waals surface area contributed by atoms with E-state index >= 15 is 0 Å². The average molecular weight is 289 g/mol. The van der Waals surface area contributed by atoms with Crippen molar-refractivity contribution in [1.29, 1.82) is 0 Å². The van der Waals surface area contributed by atoms with Gasteiger partial charge < -0.3 is 19.1 Å². The molecule has 0 fully saturated rings. The van der Waals surface area contributed by atoms with Crippen LogP contribution in [0.4, 0.5) is 9.59 Å². The number of carbonyl (C=O) groups is 2. The van der Waals surface area contributed by atoms with Crippen LogP contribution in [0.25, 0.3) is 0 Å². The van der Waals surface area contributed by atoms with Gasteiger partial charge in [0.05, 0.1) is 6.04 Å². The molecule has 118 valence electrons. The first-order valence-electron chi connectivity index (χ1n) is 6.63. The number of amides is 1. The molecule has 0 aliphatic rings. The molecule has 0 aliphatic heterocycles. The molecule has 0 N–H and O–H groups in total. The summed E-state index contributed by atoms with van der Waals surface area (Å²) in [6.07, 6.45) is -1.21. The quantitative estimate of drug-likeness (QED) is 0.746. The molecular weight excluding hydrogens is 262 g/mol. The summed E-state index contributed by atoms with van der Waals surface area (Å²) in [5.74, 6) is 0. The lowest BCUT2D eigenvalue weighted by Gasteiger charge is -2.28. The van der Waals surface area contributed by atoms with Crippen LogP contribution in [-0.2, 0) is 14.2 Å². The Morgan fingerprint density at radius 2 is 1.45 bits per heavy atom. The van der Waals surface area contributed by atoms with Gasteiger partial charge in [-0.25, -0.2) is 9.59 Å². The van der Waals surface area contributed by atoms with Gasteiger partial charge in [0.15, 0.2) is 0 Å². The van der Waals surface area contributed by atoms with Crippen molar-refractivity contribution in [3.63, 3.8) is 0 Å². The van der Waals surface area contributed by atoms with E-state index in [4.69, 9.17) is 14.2 Å². The van der Waals surface area contributed by atoms with Crippen molar-refractivity contribution < 1.29 is 23.8 Å². The molecule has 0 radical (unpaired) electrons. The summed E-state index contributed by atoms with van der Waals surface area (Å²) in [6, 6.07) is -0.308. The van der Waals surface area contributed by atoms with E-state index in [0.717, 1.165) is 0 Å². The zero-order chi connectivity index (χ0) is 16.1. The van der Waals surface area contributed by atoms with Crippen molar-refractivity contribution >= 4 is 12.2 Å². The van der Waals surface area contributed by atoms with Crippen LogP contribution in [0.15, 0.2) is 0 Å². The molecular formula is C14H27NO5. The van der Waals surface area contributed by atoms with Gasteiger partial charge in [0.1, 0.15) is 17.8 Å². The van der Waals surface area contributed by atoms with Crippen molar-refractivity contribution in [3.8, 4) is 0 Å². The summed E-state index contributed by atoms with van der Waals surface area (Å²) in [5, 5.41) is 0.